The van der Waals surface area contributed by atoms with Gasteiger partial charge in [-0.15, -0.1) is 0 Å². The highest BCUT2D eigenvalue weighted by molar-refractivity contribution is 5.99. The highest BCUT2D eigenvalue weighted by atomic mass is 16.5. The Bertz CT molecular complexity index is 421. The van der Waals surface area contributed by atoms with Gasteiger partial charge < -0.3 is 25.2 Å². The summed E-state index contributed by atoms with van der Waals surface area (Å²) >= 11 is 0. The maximum atomic E-state index is 8.73. The third-order valence-corrected chi connectivity index (χ3v) is 2.55. The maximum absolute atomic E-state index is 8.73. The van der Waals surface area contributed by atoms with Crippen LogP contribution < -0.4 is 10.5 Å². The monoisotopic (exact) mass is 268 g/mol. The number of benzene rings is 1. The first-order chi connectivity index (χ1) is 9.22. The molecular formula is C13H20N2O4. The van der Waals surface area contributed by atoms with Crippen LogP contribution in [0.1, 0.15) is 17.5 Å². The Morgan fingerprint density at radius 2 is 2.11 bits per heavy atom. The van der Waals surface area contributed by atoms with Crippen LogP contribution in [0.2, 0.25) is 0 Å². The fourth-order valence-corrected chi connectivity index (χ4v) is 1.59. The molecule has 0 saturated heterocycles. The fraction of sp³-hybridized carbons (Fsp3) is 0.462. The van der Waals surface area contributed by atoms with E-state index in [1.54, 1.807) is 19.2 Å². The van der Waals surface area contributed by atoms with Crippen molar-refractivity contribution in [2.75, 3.05) is 27.4 Å². The SMILES string of the molecule is COCCCOCc1ccc(OC)c(C(N)=NO)c1. The Kier molecular flexibility index (Phi) is 6.70. The summed E-state index contributed by atoms with van der Waals surface area (Å²) in [5, 5.41) is 11.7. The number of ether oxygens (including phenoxy) is 3. The lowest BCUT2D eigenvalue weighted by molar-refractivity contribution is 0.0928. The fourth-order valence-electron chi connectivity index (χ4n) is 1.59. The van der Waals surface area contributed by atoms with Gasteiger partial charge in [-0.1, -0.05) is 11.2 Å². The minimum Gasteiger partial charge on any atom is -0.496 e. The molecule has 0 aliphatic heterocycles. The molecule has 1 rings (SSSR count). The van der Waals surface area contributed by atoms with Gasteiger partial charge in [0.05, 0.1) is 19.3 Å². The number of methoxy groups -OCH3 is 2. The van der Waals surface area contributed by atoms with E-state index in [1.165, 1.54) is 7.11 Å². The topological polar surface area (TPSA) is 86.3 Å². The van der Waals surface area contributed by atoms with Crippen molar-refractivity contribution in [3.8, 4) is 5.75 Å². The van der Waals surface area contributed by atoms with Crippen molar-refractivity contribution in [3.05, 3.63) is 29.3 Å². The van der Waals surface area contributed by atoms with Crippen LogP contribution in [-0.2, 0) is 16.1 Å². The number of nitrogens with zero attached hydrogens (tertiary/aromatic N) is 1. The van der Waals surface area contributed by atoms with Crippen LogP contribution in [0, 0.1) is 0 Å². The Hall–Kier alpha value is -1.79. The predicted molar refractivity (Wildman–Crippen MR) is 71.7 cm³/mol. The lowest BCUT2D eigenvalue weighted by Crippen LogP contribution is -2.15. The summed E-state index contributed by atoms with van der Waals surface area (Å²) in [6, 6.07) is 5.43. The van der Waals surface area contributed by atoms with E-state index in [9.17, 15) is 0 Å². The van der Waals surface area contributed by atoms with Crippen molar-refractivity contribution in [2.45, 2.75) is 13.0 Å². The molecule has 0 bridgehead atoms. The second-order valence-electron chi connectivity index (χ2n) is 3.92. The van der Waals surface area contributed by atoms with E-state index in [1.807, 2.05) is 6.07 Å². The van der Waals surface area contributed by atoms with Gasteiger partial charge in [0.2, 0.25) is 0 Å². The van der Waals surface area contributed by atoms with Gasteiger partial charge in [0.1, 0.15) is 5.75 Å². The van der Waals surface area contributed by atoms with Crippen LogP contribution in [0.25, 0.3) is 0 Å². The summed E-state index contributed by atoms with van der Waals surface area (Å²) in [5.74, 6) is 0.566. The van der Waals surface area contributed by atoms with Crippen LogP contribution in [0.15, 0.2) is 23.4 Å². The molecule has 0 radical (unpaired) electrons. The molecule has 3 N–H and O–H groups in total. The van der Waals surface area contributed by atoms with Crippen molar-refractivity contribution in [1.82, 2.24) is 0 Å². The zero-order valence-corrected chi connectivity index (χ0v) is 11.3. The van der Waals surface area contributed by atoms with Crippen LogP contribution in [0.5, 0.6) is 5.75 Å². The van der Waals surface area contributed by atoms with Gasteiger partial charge in [-0.25, -0.2) is 0 Å². The van der Waals surface area contributed by atoms with Gasteiger partial charge in [-0.05, 0) is 24.1 Å². The zero-order valence-electron chi connectivity index (χ0n) is 11.3. The largest absolute Gasteiger partial charge is 0.496 e. The molecule has 0 unspecified atom stereocenters. The molecule has 0 fully saturated rings. The highest BCUT2D eigenvalue weighted by Crippen LogP contribution is 2.20. The lowest BCUT2D eigenvalue weighted by atomic mass is 10.1. The summed E-state index contributed by atoms with van der Waals surface area (Å²) in [4.78, 5) is 0. The third kappa shape index (κ3) is 4.76. The maximum Gasteiger partial charge on any atom is 0.173 e. The number of amidine groups is 1. The lowest BCUT2D eigenvalue weighted by Gasteiger charge is -2.10. The predicted octanol–water partition coefficient (Wildman–Crippen LogP) is 1.34. The molecule has 1 aromatic carbocycles. The smallest absolute Gasteiger partial charge is 0.173 e. The highest BCUT2D eigenvalue weighted by Gasteiger charge is 2.09. The van der Waals surface area contributed by atoms with Crippen LogP contribution in [0.3, 0.4) is 0 Å². The molecule has 0 amide bonds. The molecule has 106 valence electrons. The molecule has 1 aromatic rings. The normalized spacial score (nSPS) is 11.6. The van der Waals surface area contributed by atoms with E-state index in [-0.39, 0.29) is 5.84 Å². The number of nitrogens with two attached hydrogens (primary N) is 1. The number of hydrogen-bond acceptors (Lipinski definition) is 5. The van der Waals surface area contributed by atoms with Gasteiger partial charge in [0.25, 0.3) is 0 Å². The van der Waals surface area contributed by atoms with Gasteiger partial charge in [-0.2, -0.15) is 0 Å². The van der Waals surface area contributed by atoms with Crippen LogP contribution >= 0.6 is 0 Å². The van der Waals surface area contributed by atoms with Crippen LogP contribution in [-0.4, -0.2) is 38.5 Å². The van der Waals surface area contributed by atoms with Crippen molar-refractivity contribution >= 4 is 5.84 Å². The molecule has 0 aromatic heterocycles. The first-order valence-corrected chi connectivity index (χ1v) is 5.94. The Labute approximate surface area is 112 Å². The molecule has 0 saturated carbocycles. The average Bonchev–Trinajstić information content (AvgIpc) is 2.46. The molecule has 19 heavy (non-hydrogen) atoms. The van der Waals surface area contributed by atoms with Gasteiger partial charge in [0, 0.05) is 20.3 Å². The Morgan fingerprint density at radius 1 is 1.32 bits per heavy atom. The Morgan fingerprint density at radius 3 is 2.74 bits per heavy atom. The molecule has 0 heterocycles. The summed E-state index contributed by atoms with van der Waals surface area (Å²) in [7, 11) is 3.19. The van der Waals surface area contributed by atoms with Crippen LogP contribution in [0.4, 0.5) is 0 Å². The Balaban J connectivity index is 2.65. The van der Waals surface area contributed by atoms with Gasteiger partial charge in [0.15, 0.2) is 5.84 Å². The van der Waals surface area contributed by atoms with Crippen molar-refractivity contribution in [1.29, 1.82) is 0 Å². The quantitative estimate of drug-likeness (QED) is 0.244. The van der Waals surface area contributed by atoms with E-state index in [0.29, 0.717) is 31.1 Å². The third-order valence-electron chi connectivity index (χ3n) is 2.55. The van der Waals surface area contributed by atoms with E-state index in [4.69, 9.17) is 25.2 Å². The molecule has 0 atom stereocenters. The van der Waals surface area contributed by atoms with Crippen molar-refractivity contribution in [2.24, 2.45) is 10.9 Å². The summed E-state index contributed by atoms with van der Waals surface area (Å²) in [6.07, 6.45) is 0.847. The molecule has 0 aliphatic carbocycles. The minimum atomic E-state index is 0.0121. The molecule has 6 heteroatoms. The first kappa shape index (κ1) is 15.3. The summed E-state index contributed by atoms with van der Waals surface area (Å²) in [5.41, 5.74) is 7.07. The molecular weight excluding hydrogens is 248 g/mol. The number of rotatable bonds is 8. The van der Waals surface area contributed by atoms with Gasteiger partial charge in [-0.3, -0.25) is 0 Å². The minimum absolute atomic E-state index is 0.0121. The first-order valence-electron chi connectivity index (χ1n) is 5.94. The van der Waals surface area contributed by atoms with E-state index < -0.39 is 0 Å². The number of hydrogen-bond donors (Lipinski definition) is 2. The van der Waals surface area contributed by atoms with E-state index in [2.05, 4.69) is 5.16 Å². The summed E-state index contributed by atoms with van der Waals surface area (Å²) < 4.78 is 15.6. The van der Waals surface area contributed by atoms with E-state index in [0.717, 1.165) is 12.0 Å². The summed E-state index contributed by atoms with van der Waals surface area (Å²) in [6.45, 7) is 1.76. The van der Waals surface area contributed by atoms with Crippen molar-refractivity contribution < 1.29 is 19.4 Å². The van der Waals surface area contributed by atoms with E-state index >= 15 is 0 Å². The average molecular weight is 268 g/mol. The molecule has 0 aliphatic rings. The standard InChI is InChI=1S/C13H20N2O4/c1-17-6-3-7-19-9-10-4-5-12(18-2)11(8-10)13(14)15-16/h4-5,8,16H,3,6-7,9H2,1-2H3,(H2,14,15). The molecule has 6 nitrogen and oxygen atoms in total. The van der Waals surface area contributed by atoms with Gasteiger partial charge >= 0.3 is 0 Å². The van der Waals surface area contributed by atoms with Crippen molar-refractivity contribution in [3.63, 3.8) is 0 Å². The number of oxime groups is 1. The zero-order chi connectivity index (χ0) is 14.1. The second-order valence-corrected chi connectivity index (χ2v) is 3.92. The second kappa shape index (κ2) is 8.34. The molecule has 0 spiro atoms.